The Labute approximate surface area is 149 Å². The Kier molecular flexibility index (Phi) is 7.56. The summed E-state index contributed by atoms with van der Waals surface area (Å²) in [6.07, 6.45) is 0.899. The van der Waals surface area contributed by atoms with Crippen molar-refractivity contribution in [1.82, 2.24) is 20.4 Å². The molecule has 0 spiro atoms. The van der Waals surface area contributed by atoms with Crippen molar-refractivity contribution >= 4 is 17.6 Å². The molecule has 1 saturated heterocycles. The summed E-state index contributed by atoms with van der Waals surface area (Å²) in [4.78, 5) is 16.6. The molecule has 2 N–H and O–H groups in total. The minimum atomic E-state index is -0.114. The van der Waals surface area contributed by atoms with Crippen molar-refractivity contribution in [2.24, 2.45) is 0 Å². The number of nitrogens with one attached hydrogen (secondary N) is 2. The number of benzene rings is 1. The summed E-state index contributed by atoms with van der Waals surface area (Å²) in [6, 6.07) is 7.50. The Balaban J connectivity index is 2.07. The summed E-state index contributed by atoms with van der Waals surface area (Å²) in [6.45, 7) is 11.8. The Morgan fingerprint density at radius 3 is 2.75 bits per heavy atom. The van der Waals surface area contributed by atoms with Gasteiger partial charge in [0.05, 0.1) is 6.54 Å². The molecule has 0 radical (unpaired) electrons. The highest BCUT2D eigenvalue weighted by Crippen LogP contribution is 2.19. The first-order valence-electron chi connectivity index (χ1n) is 8.51. The highest BCUT2D eigenvalue weighted by Gasteiger charge is 2.20. The van der Waals surface area contributed by atoms with Crippen LogP contribution < -0.4 is 10.6 Å². The Morgan fingerprint density at radius 1 is 1.38 bits per heavy atom. The predicted octanol–water partition coefficient (Wildman–Crippen LogP) is 2.68. The summed E-state index contributed by atoms with van der Waals surface area (Å²) in [5.41, 5.74) is 1.72. The largest absolute Gasteiger partial charge is 0.338 e. The van der Waals surface area contributed by atoms with E-state index >= 15 is 0 Å². The van der Waals surface area contributed by atoms with Gasteiger partial charge in [0.2, 0.25) is 0 Å². The summed E-state index contributed by atoms with van der Waals surface area (Å²) < 4.78 is 0. The molecule has 0 atom stereocenters. The summed E-state index contributed by atoms with van der Waals surface area (Å²) in [7, 11) is 0. The highest BCUT2D eigenvalue weighted by molar-refractivity contribution is 6.31. The Bertz CT molecular complexity index is 558. The van der Waals surface area contributed by atoms with Gasteiger partial charge in [-0.25, -0.2) is 4.79 Å². The fourth-order valence-corrected chi connectivity index (χ4v) is 2.86. The van der Waals surface area contributed by atoms with E-state index in [1.54, 1.807) is 4.90 Å². The standard InChI is InChI=1S/C18H27ClN4O/c1-3-8-21-18(24)23(14-16-6-4-5-7-17(16)19)15(2)13-22-11-9-20-10-12-22/h4-7,20H,2-3,8-14H2,1H3,(H,21,24). The first kappa shape index (κ1) is 18.8. The topological polar surface area (TPSA) is 47.6 Å². The van der Waals surface area contributed by atoms with Crippen molar-refractivity contribution in [1.29, 1.82) is 0 Å². The minimum Gasteiger partial charge on any atom is -0.338 e. The number of urea groups is 1. The molecule has 24 heavy (non-hydrogen) atoms. The van der Waals surface area contributed by atoms with Gasteiger partial charge in [-0.3, -0.25) is 9.80 Å². The Morgan fingerprint density at radius 2 is 2.08 bits per heavy atom. The van der Waals surface area contributed by atoms with Crippen molar-refractivity contribution in [3.8, 4) is 0 Å². The normalized spacial score (nSPS) is 15.1. The summed E-state index contributed by atoms with van der Waals surface area (Å²) >= 11 is 6.27. The number of piperazine rings is 1. The smallest absolute Gasteiger partial charge is 0.321 e. The van der Waals surface area contributed by atoms with E-state index < -0.39 is 0 Å². The molecule has 1 heterocycles. The molecule has 1 aliphatic rings. The van der Waals surface area contributed by atoms with Gasteiger partial charge in [0, 0.05) is 50.0 Å². The van der Waals surface area contributed by atoms with E-state index in [0.29, 0.717) is 24.7 Å². The number of amides is 2. The second-order valence-corrected chi connectivity index (χ2v) is 6.41. The van der Waals surface area contributed by atoms with Gasteiger partial charge in [-0.15, -0.1) is 0 Å². The average molecular weight is 351 g/mol. The molecule has 0 aromatic heterocycles. The molecule has 2 rings (SSSR count). The number of halogens is 1. The van der Waals surface area contributed by atoms with Crippen LogP contribution in [0.25, 0.3) is 0 Å². The van der Waals surface area contributed by atoms with Crippen molar-refractivity contribution in [2.75, 3.05) is 39.3 Å². The first-order chi connectivity index (χ1) is 11.6. The molecule has 0 aliphatic carbocycles. The van der Waals surface area contributed by atoms with Gasteiger partial charge in [-0.05, 0) is 18.1 Å². The van der Waals surface area contributed by atoms with Gasteiger partial charge in [-0.1, -0.05) is 43.3 Å². The molecule has 132 valence electrons. The van der Waals surface area contributed by atoms with E-state index in [-0.39, 0.29) is 6.03 Å². The number of hydrogen-bond acceptors (Lipinski definition) is 3. The average Bonchev–Trinajstić information content (AvgIpc) is 2.59. The summed E-state index contributed by atoms with van der Waals surface area (Å²) in [5, 5.41) is 6.94. The van der Waals surface area contributed by atoms with E-state index in [9.17, 15) is 4.79 Å². The molecular formula is C18H27ClN4O. The zero-order valence-electron chi connectivity index (χ0n) is 14.4. The first-order valence-corrected chi connectivity index (χ1v) is 8.89. The third kappa shape index (κ3) is 5.51. The SMILES string of the molecule is C=C(CN1CCNCC1)N(Cc1ccccc1Cl)C(=O)NCCC. The molecule has 0 unspecified atom stereocenters. The van der Waals surface area contributed by atoms with Gasteiger partial charge in [0.15, 0.2) is 0 Å². The molecular weight excluding hydrogens is 324 g/mol. The van der Waals surface area contributed by atoms with E-state index in [1.807, 2.05) is 31.2 Å². The number of rotatable bonds is 7. The molecule has 0 saturated carbocycles. The van der Waals surface area contributed by atoms with Gasteiger partial charge in [0.1, 0.15) is 0 Å². The van der Waals surface area contributed by atoms with Crippen LogP contribution in [0.5, 0.6) is 0 Å². The maximum atomic E-state index is 12.6. The Hall–Kier alpha value is -1.56. The third-order valence-corrected chi connectivity index (χ3v) is 4.42. The van der Waals surface area contributed by atoms with E-state index in [1.165, 1.54) is 0 Å². The second-order valence-electron chi connectivity index (χ2n) is 6.00. The van der Waals surface area contributed by atoms with Gasteiger partial charge < -0.3 is 10.6 Å². The lowest BCUT2D eigenvalue weighted by Gasteiger charge is -2.32. The van der Waals surface area contributed by atoms with Crippen LogP contribution in [0.4, 0.5) is 4.79 Å². The molecule has 6 heteroatoms. The van der Waals surface area contributed by atoms with Gasteiger partial charge in [0.25, 0.3) is 0 Å². The van der Waals surface area contributed by atoms with E-state index in [2.05, 4.69) is 22.1 Å². The fourth-order valence-electron chi connectivity index (χ4n) is 2.66. The van der Waals surface area contributed by atoms with Crippen molar-refractivity contribution in [2.45, 2.75) is 19.9 Å². The quantitative estimate of drug-likeness (QED) is 0.794. The molecule has 5 nitrogen and oxygen atoms in total. The molecule has 1 aromatic rings. The highest BCUT2D eigenvalue weighted by atomic mass is 35.5. The van der Waals surface area contributed by atoms with Crippen LogP contribution >= 0.6 is 11.6 Å². The van der Waals surface area contributed by atoms with Gasteiger partial charge in [-0.2, -0.15) is 0 Å². The van der Waals surface area contributed by atoms with Crippen LogP contribution in [0.1, 0.15) is 18.9 Å². The predicted molar refractivity (Wildman–Crippen MR) is 99.1 cm³/mol. The van der Waals surface area contributed by atoms with Crippen molar-refractivity contribution in [3.05, 3.63) is 47.1 Å². The third-order valence-electron chi connectivity index (χ3n) is 4.06. The number of hydrogen-bond donors (Lipinski definition) is 2. The lowest BCUT2D eigenvalue weighted by Crippen LogP contribution is -2.47. The molecule has 1 fully saturated rings. The zero-order chi connectivity index (χ0) is 17.4. The van der Waals surface area contributed by atoms with Crippen molar-refractivity contribution < 1.29 is 4.79 Å². The molecule has 1 aliphatic heterocycles. The number of nitrogens with zero attached hydrogens (tertiary/aromatic N) is 2. The summed E-state index contributed by atoms with van der Waals surface area (Å²) in [5.74, 6) is 0. The lowest BCUT2D eigenvalue weighted by atomic mass is 10.2. The van der Waals surface area contributed by atoms with Crippen LogP contribution in [0, 0.1) is 0 Å². The van der Waals surface area contributed by atoms with Crippen LogP contribution in [0.3, 0.4) is 0 Å². The van der Waals surface area contributed by atoms with Gasteiger partial charge >= 0.3 is 6.03 Å². The van der Waals surface area contributed by atoms with Crippen LogP contribution in [0.15, 0.2) is 36.5 Å². The molecule has 2 amide bonds. The maximum absolute atomic E-state index is 12.6. The molecule has 0 bridgehead atoms. The van der Waals surface area contributed by atoms with Crippen LogP contribution in [-0.4, -0.2) is 55.1 Å². The maximum Gasteiger partial charge on any atom is 0.321 e. The fraction of sp³-hybridized carbons (Fsp3) is 0.500. The monoisotopic (exact) mass is 350 g/mol. The van der Waals surface area contributed by atoms with Crippen LogP contribution in [0.2, 0.25) is 5.02 Å². The lowest BCUT2D eigenvalue weighted by molar-refractivity contribution is 0.196. The number of carbonyl (C=O) groups excluding carboxylic acids is 1. The van der Waals surface area contributed by atoms with E-state index in [0.717, 1.165) is 43.9 Å². The zero-order valence-corrected chi connectivity index (χ0v) is 15.1. The van der Waals surface area contributed by atoms with Crippen LogP contribution in [-0.2, 0) is 6.54 Å². The van der Waals surface area contributed by atoms with E-state index in [4.69, 9.17) is 11.6 Å². The minimum absolute atomic E-state index is 0.114. The number of carbonyl (C=O) groups is 1. The van der Waals surface area contributed by atoms with Crippen molar-refractivity contribution in [3.63, 3.8) is 0 Å². The second kappa shape index (κ2) is 9.67. The molecule has 1 aromatic carbocycles.